The number of hydrogen-bond acceptors (Lipinski definition) is 3. The van der Waals surface area contributed by atoms with Crippen molar-refractivity contribution in [3.05, 3.63) is 61.8 Å². The van der Waals surface area contributed by atoms with E-state index in [0.29, 0.717) is 6.42 Å². The van der Waals surface area contributed by atoms with Gasteiger partial charge < -0.3 is 4.90 Å². The van der Waals surface area contributed by atoms with E-state index in [1.807, 2.05) is 6.07 Å². The van der Waals surface area contributed by atoms with Crippen LogP contribution in [0.2, 0.25) is 0 Å². The maximum atomic E-state index is 12.6. The van der Waals surface area contributed by atoms with Gasteiger partial charge in [-0.3, -0.25) is 4.79 Å². The fourth-order valence-corrected chi connectivity index (χ4v) is 4.34. The van der Waals surface area contributed by atoms with Crippen LogP contribution in [0, 0.1) is 0 Å². The standard InChI is InChI=1S/C18H18BrNOS/c1-20(2)9-5-8-14-13-7-4-3-6-12(13)10-16(21)18-15(14)11-17(19)22-18/h3-4,6-8,11H,5,9-10H2,1-2H3/b14-8+. The van der Waals surface area contributed by atoms with E-state index in [1.54, 1.807) is 11.3 Å². The van der Waals surface area contributed by atoms with E-state index in [0.717, 1.165) is 32.8 Å². The molecule has 0 bridgehead atoms. The molecular formula is C18H18BrNOS. The van der Waals surface area contributed by atoms with E-state index in [9.17, 15) is 4.79 Å². The Morgan fingerprint density at radius 2 is 2.05 bits per heavy atom. The highest BCUT2D eigenvalue weighted by Gasteiger charge is 2.25. The van der Waals surface area contributed by atoms with E-state index >= 15 is 0 Å². The third-order valence-electron chi connectivity index (χ3n) is 3.83. The minimum Gasteiger partial charge on any atom is -0.309 e. The first-order valence-corrected chi connectivity index (χ1v) is 8.93. The van der Waals surface area contributed by atoms with Gasteiger partial charge in [-0.15, -0.1) is 11.3 Å². The first-order valence-electron chi connectivity index (χ1n) is 7.32. The Morgan fingerprint density at radius 1 is 1.27 bits per heavy atom. The fourth-order valence-electron chi connectivity index (χ4n) is 2.79. The number of benzene rings is 1. The monoisotopic (exact) mass is 375 g/mol. The Balaban J connectivity index is 2.13. The highest BCUT2D eigenvalue weighted by Crippen LogP contribution is 2.39. The molecule has 0 spiro atoms. The molecule has 2 nitrogen and oxygen atoms in total. The lowest BCUT2D eigenvalue weighted by atomic mass is 9.95. The maximum Gasteiger partial charge on any atom is 0.177 e. The SMILES string of the molecule is CN(C)CC/C=C1\c2ccccc2CC(=O)c2sc(Br)cc21. The van der Waals surface area contributed by atoms with Gasteiger partial charge in [-0.1, -0.05) is 30.3 Å². The van der Waals surface area contributed by atoms with Gasteiger partial charge in [0, 0.05) is 18.5 Å². The van der Waals surface area contributed by atoms with Gasteiger partial charge in [-0.05, 0) is 59.2 Å². The van der Waals surface area contributed by atoms with Crippen LogP contribution in [0.5, 0.6) is 0 Å². The van der Waals surface area contributed by atoms with E-state index in [2.05, 4.69) is 65.3 Å². The molecule has 0 atom stereocenters. The lowest BCUT2D eigenvalue weighted by molar-refractivity contribution is 0.0997. The molecule has 1 aliphatic carbocycles. The number of hydrogen-bond donors (Lipinski definition) is 0. The van der Waals surface area contributed by atoms with Crippen molar-refractivity contribution in [1.29, 1.82) is 0 Å². The molecule has 0 amide bonds. The number of thiophene rings is 1. The fraction of sp³-hybridized carbons (Fsp3) is 0.278. The molecule has 0 unspecified atom stereocenters. The molecule has 22 heavy (non-hydrogen) atoms. The van der Waals surface area contributed by atoms with Crippen LogP contribution in [0.3, 0.4) is 0 Å². The second kappa shape index (κ2) is 6.49. The smallest absolute Gasteiger partial charge is 0.177 e. The van der Waals surface area contributed by atoms with Gasteiger partial charge in [0.05, 0.1) is 8.66 Å². The maximum absolute atomic E-state index is 12.6. The van der Waals surface area contributed by atoms with Crippen LogP contribution in [-0.2, 0) is 6.42 Å². The average molecular weight is 376 g/mol. The topological polar surface area (TPSA) is 20.3 Å². The predicted octanol–water partition coefficient (Wildman–Crippen LogP) is 4.63. The normalized spacial score (nSPS) is 15.8. The zero-order valence-electron chi connectivity index (χ0n) is 12.7. The Hall–Kier alpha value is -1.23. The molecule has 1 aromatic heterocycles. The largest absolute Gasteiger partial charge is 0.309 e. The molecule has 1 aromatic carbocycles. The molecule has 1 aliphatic rings. The second-order valence-corrected chi connectivity index (χ2v) is 8.19. The summed E-state index contributed by atoms with van der Waals surface area (Å²) in [4.78, 5) is 15.6. The first-order chi connectivity index (χ1) is 10.6. The molecule has 0 saturated heterocycles. The van der Waals surface area contributed by atoms with Gasteiger partial charge >= 0.3 is 0 Å². The number of halogens is 1. The van der Waals surface area contributed by atoms with Crippen LogP contribution in [-0.4, -0.2) is 31.3 Å². The summed E-state index contributed by atoms with van der Waals surface area (Å²) in [5, 5.41) is 0. The second-order valence-electron chi connectivity index (χ2n) is 5.76. The van der Waals surface area contributed by atoms with Crippen LogP contribution in [0.15, 0.2) is 40.2 Å². The van der Waals surface area contributed by atoms with Crippen molar-refractivity contribution in [1.82, 2.24) is 4.90 Å². The predicted molar refractivity (Wildman–Crippen MR) is 96.7 cm³/mol. The minimum absolute atomic E-state index is 0.217. The summed E-state index contributed by atoms with van der Waals surface area (Å²) < 4.78 is 1.02. The van der Waals surface area contributed by atoms with Crippen LogP contribution in [0.1, 0.15) is 32.8 Å². The Kier molecular flexibility index (Phi) is 4.62. The van der Waals surface area contributed by atoms with Gasteiger partial charge in [0.25, 0.3) is 0 Å². The summed E-state index contributed by atoms with van der Waals surface area (Å²) in [5.74, 6) is 0.217. The van der Waals surface area contributed by atoms with E-state index in [-0.39, 0.29) is 5.78 Å². The van der Waals surface area contributed by atoms with Crippen LogP contribution in [0.25, 0.3) is 5.57 Å². The Morgan fingerprint density at radius 3 is 2.82 bits per heavy atom. The zero-order chi connectivity index (χ0) is 15.7. The molecule has 0 radical (unpaired) electrons. The molecule has 3 rings (SSSR count). The third-order valence-corrected chi connectivity index (χ3v) is 5.51. The molecule has 0 aliphatic heterocycles. The van der Waals surface area contributed by atoms with Crippen molar-refractivity contribution >= 4 is 38.6 Å². The van der Waals surface area contributed by atoms with Crippen LogP contribution < -0.4 is 0 Å². The quantitative estimate of drug-likeness (QED) is 0.778. The Labute approximate surface area is 143 Å². The van der Waals surface area contributed by atoms with Crippen LogP contribution in [0.4, 0.5) is 0 Å². The average Bonchev–Trinajstić information content (AvgIpc) is 2.82. The minimum atomic E-state index is 0.217. The number of Topliss-reactive ketones (excluding diaryl/α,β-unsaturated/α-hetero) is 1. The van der Waals surface area contributed by atoms with Crippen molar-refractivity contribution in [3.8, 4) is 0 Å². The summed E-state index contributed by atoms with van der Waals surface area (Å²) in [6, 6.07) is 10.3. The molecular weight excluding hydrogens is 358 g/mol. The molecule has 1 heterocycles. The molecule has 2 aromatic rings. The van der Waals surface area contributed by atoms with Crippen molar-refractivity contribution in [3.63, 3.8) is 0 Å². The highest BCUT2D eigenvalue weighted by molar-refractivity contribution is 9.11. The zero-order valence-corrected chi connectivity index (χ0v) is 15.1. The number of carbonyl (C=O) groups is 1. The van der Waals surface area contributed by atoms with Crippen molar-refractivity contribution in [2.75, 3.05) is 20.6 Å². The molecule has 114 valence electrons. The summed E-state index contributed by atoms with van der Waals surface area (Å²) in [7, 11) is 4.16. The summed E-state index contributed by atoms with van der Waals surface area (Å²) in [5.41, 5.74) is 4.59. The van der Waals surface area contributed by atoms with E-state index in [1.165, 1.54) is 11.1 Å². The van der Waals surface area contributed by atoms with Gasteiger partial charge in [0.15, 0.2) is 5.78 Å². The van der Waals surface area contributed by atoms with Gasteiger partial charge in [-0.2, -0.15) is 0 Å². The summed E-state index contributed by atoms with van der Waals surface area (Å²) >= 11 is 5.08. The molecule has 0 fully saturated rings. The first kappa shape index (κ1) is 15.7. The van der Waals surface area contributed by atoms with Gasteiger partial charge in [0.1, 0.15) is 0 Å². The van der Waals surface area contributed by atoms with E-state index < -0.39 is 0 Å². The lowest BCUT2D eigenvalue weighted by Gasteiger charge is -2.11. The number of nitrogens with zero attached hydrogens (tertiary/aromatic N) is 1. The Bertz CT molecular complexity index is 745. The lowest BCUT2D eigenvalue weighted by Crippen LogP contribution is -2.12. The number of carbonyl (C=O) groups excluding carboxylic acids is 1. The third kappa shape index (κ3) is 3.09. The molecule has 0 N–H and O–H groups in total. The number of ketones is 1. The van der Waals surface area contributed by atoms with Crippen molar-refractivity contribution < 1.29 is 4.79 Å². The highest BCUT2D eigenvalue weighted by atomic mass is 79.9. The van der Waals surface area contributed by atoms with Crippen molar-refractivity contribution in [2.24, 2.45) is 0 Å². The number of fused-ring (bicyclic) bond motifs is 2. The number of rotatable bonds is 3. The van der Waals surface area contributed by atoms with Gasteiger partial charge in [-0.25, -0.2) is 0 Å². The van der Waals surface area contributed by atoms with Crippen molar-refractivity contribution in [2.45, 2.75) is 12.8 Å². The summed E-state index contributed by atoms with van der Waals surface area (Å²) in [6.07, 6.45) is 3.73. The van der Waals surface area contributed by atoms with Crippen LogP contribution >= 0.6 is 27.3 Å². The molecule has 0 saturated carbocycles. The molecule has 4 heteroatoms. The van der Waals surface area contributed by atoms with Gasteiger partial charge in [0.2, 0.25) is 0 Å². The van der Waals surface area contributed by atoms with E-state index in [4.69, 9.17) is 0 Å². The summed E-state index contributed by atoms with van der Waals surface area (Å²) in [6.45, 7) is 1.00.